The molecule has 0 saturated heterocycles. The first-order valence-electron chi connectivity index (χ1n) is 8.71. The highest BCUT2D eigenvalue weighted by atomic mass is 16.2. The summed E-state index contributed by atoms with van der Waals surface area (Å²) in [4.78, 5) is 19.3. The number of nitrogens with one attached hydrogen (secondary N) is 1. The van der Waals surface area contributed by atoms with Crippen molar-refractivity contribution in [3.05, 3.63) is 40.7 Å². The van der Waals surface area contributed by atoms with E-state index in [0.717, 1.165) is 28.6 Å². The molecule has 7 heteroatoms. The van der Waals surface area contributed by atoms with E-state index in [1.165, 1.54) is 0 Å². The molecule has 7 nitrogen and oxygen atoms in total. The zero-order valence-corrected chi connectivity index (χ0v) is 15.6. The zero-order chi connectivity index (χ0) is 18.1. The van der Waals surface area contributed by atoms with Gasteiger partial charge in [-0.15, -0.1) is 10.2 Å². The van der Waals surface area contributed by atoms with E-state index in [2.05, 4.69) is 46.4 Å². The average molecular weight is 342 g/mol. The molecule has 1 amide bonds. The predicted octanol–water partition coefficient (Wildman–Crippen LogP) is 1.54. The Bertz CT molecular complexity index is 782. The first-order valence-corrected chi connectivity index (χ1v) is 8.71. The first-order chi connectivity index (χ1) is 11.9. The van der Waals surface area contributed by atoms with E-state index in [4.69, 9.17) is 4.98 Å². The van der Waals surface area contributed by atoms with Gasteiger partial charge in [0.2, 0.25) is 5.91 Å². The predicted molar refractivity (Wildman–Crippen MR) is 94.9 cm³/mol. The van der Waals surface area contributed by atoms with Gasteiger partial charge in [-0.1, -0.05) is 19.9 Å². The van der Waals surface area contributed by atoms with Crippen LogP contribution in [0, 0.1) is 13.8 Å². The van der Waals surface area contributed by atoms with Crippen LogP contribution in [-0.4, -0.2) is 43.6 Å². The van der Waals surface area contributed by atoms with Crippen LogP contribution >= 0.6 is 0 Å². The number of aryl methyl sites for hydroxylation is 2. The van der Waals surface area contributed by atoms with Gasteiger partial charge in [0.15, 0.2) is 0 Å². The molecule has 1 aliphatic rings. The highest BCUT2D eigenvalue weighted by Crippen LogP contribution is 2.22. The topological polar surface area (TPSA) is 75.9 Å². The minimum atomic E-state index is -0.239. The Kier molecular flexibility index (Phi) is 4.85. The summed E-state index contributed by atoms with van der Waals surface area (Å²) in [6.45, 7) is 10.1. The lowest BCUT2D eigenvalue weighted by atomic mass is 10.1. The second kappa shape index (κ2) is 6.92. The average Bonchev–Trinajstić information content (AvgIpc) is 2.95. The summed E-state index contributed by atoms with van der Waals surface area (Å²) in [5.74, 6) is 2.18. The van der Waals surface area contributed by atoms with Crippen LogP contribution in [0.3, 0.4) is 0 Å². The molecule has 134 valence electrons. The fraction of sp³-hybridized carbons (Fsp3) is 0.556. The second-order valence-corrected chi connectivity index (χ2v) is 6.94. The smallest absolute Gasteiger partial charge is 0.238 e. The molecular weight excluding hydrogens is 316 g/mol. The molecule has 0 radical (unpaired) electrons. The summed E-state index contributed by atoms with van der Waals surface area (Å²) < 4.78 is 2.03. The van der Waals surface area contributed by atoms with Crippen LogP contribution in [-0.2, 0) is 24.4 Å². The number of carbonyl (C=O) groups is 1. The maximum Gasteiger partial charge on any atom is 0.238 e. The van der Waals surface area contributed by atoms with Crippen molar-refractivity contribution in [1.29, 1.82) is 0 Å². The molecule has 0 fully saturated rings. The minimum Gasteiger partial charge on any atom is -0.358 e. The van der Waals surface area contributed by atoms with Gasteiger partial charge < -0.3 is 9.88 Å². The van der Waals surface area contributed by atoms with E-state index >= 15 is 0 Å². The summed E-state index contributed by atoms with van der Waals surface area (Å²) in [6, 6.07) is 3.97. The molecule has 3 rings (SSSR count). The van der Waals surface area contributed by atoms with Crippen LogP contribution in [0.5, 0.6) is 0 Å². The standard InChI is InChI=1S/C18H26N6O/c1-11(2)15-7-6-14(12(3)20-15)8-23-10-17-22-21-13(4)24(17)9-16(23)18(25)19-5/h6-7,11,16H,8-10H2,1-5H3,(H,19,25). The van der Waals surface area contributed by atoms with Crippen molar-refractivity contribution in [3.8, 4) is 0 Å². The van der Waals surface area contributed by atoms with E-state index in [-0.39, 0.29) is 11.9 Å². The lowest BCUT2D eigenvalue weighted by Crippen LogP contribution is -2.51. The summed E-state index contributed by atoms with van der Waals surface area (Å²) >= 11 is 0. The molecule has 0 saturated carbocycles. The monoisotopic (exact) mass is 342 g/mol. The quantitative estimate of drug-likeness (QED) is 0.912. The Morgan fingerprint density at radius 3 is 2.72 bits per heavy atom. The molecular formula is C18H26N6O. The largest absolute Gasteiger partial charge is 0.358 e. The van der Waals surface area contributed by atoms with Gasteiger partial charge in [0.1, 0.15) is 17.7 Å². The second-order valence-electron chi connectivity index (χ2n) is 6.94. The number of fused-ring (bicyclic) bond motifs is 1. The molecule has 1 aliphatic heterocycles. The van der Waals surface area contributed by atoms with Gasteiger partial charge in [0, 0.05) is 25.0 Å². The van der Waals surface area contributed by atoms with Crippen molar-refractivity contribution < 1.29 is 4.79 Å². The normalized spacial score (nSPS) is 17.6. The number of nitrogens with zero attached hydrogens (tertiary/aromatic N) is 5. The van der Waals surface area contributed by atoms with Crippen LogP contribution < -0.4 is 5.32 Å². The van der Waals surface area contributed by atoms with Crippen molar-refractivity contribution in [2.75, 3.05) is 7.05 Å². The van der Waals surface area contributed by atoms with E-state index in [1.54, 1.807) is 7.05 Å². The van der Waals surface area contributed by atoms with Gasteiger partial charge in [-0.2, -0.15) is 0 Å². The molecule has 0 bridgehead atoms. The Morgan fingerprint density at radius 1 is 1.32 bits per heavy atom. The molecule has 0 aliphatic carbocycles. The number of likely N-dealkylation sites (N-methyl/N-ethyl adjacent to an activating group) is 1. The third kappa shape index (κ3) is 3.42. The van der Waals surface area contributed by atoms with Gasteiger partial charge in [-0.3, -0.25) is 14.7 Å². The van der Waals surface area contributed by atoms with Gasteiger partial charge in [0.05, 0.1) is 13.1 Å². The van der Waals surface area contributed by atoms with E-state index in [9.17, 15) is 4.79 Å². The van der Waals surface area contributed by atoms with Crippen LogP contribution in [0.2, 0.25) is 0 Å². The molecule has 1 unspecified atom stereocenters. The lowest BCUT2D eigenvalue weighted by Gasteiger charge is -2.35. The number of rotatable bonds is 4. The highest BCUT2D eigenvalue weighted by Gasteiger charge is 2.33. The molecule has 0 aromatic carbocycles. The summed E-state index contributed by atoms with van der Waals surface area (Å²) in [5.41, 5.74) is 3.26. The third-order valence-electron chi connectivity index (χ3n) is 4.88. The third-order valence-corrected chi connectivity index (χ3v) is 4.88. The summed E-state index contributed by atoms with van der Waals surface area (Å²) in [5, 5.41) is 11.2. The maximum atomic E-state index is 12.4. The number of amides is 1. The number of carbonyl (C=O) groups excluding carboxylic acids is 1. The Hall–Kier alpha value is -2.28. The maximum absolute atomic E-state index is 12.4. The molecule has 0 spiro atoms. The minimum absolute atomic E-state index is 0.0168. The first kappa shape index (κ1) is 17.5. The molecule has 3 heterocycles. The van der Waals surface area contributed by atoms with E-state index in [0.29, 0.717) is 25.6 Å². The number of hydrogen-bond donors (Lipinski definition) is 1. The van der Waals surface area contributed by atoms with Gasteiger partial charge in [-0.05, 0) is 31.4 Å². The SMILES string of the molecule is CNC(=O)C1Cn2c(C)nnc2CN1Cc1ccc(C(C)C)nc1C. The fourth-order valence-corrected chi connectivity index (χ4v) is 3.26. The van der Waals surface area contributed by atoms with Gasteiger partial charge in [0.25, 0.3) is 0 Å². The number of hydrogen-bond acceptors (Lipinski definition) is 5. The molecule has 1 atom stereocenters. The van der Waals surface area contributed by atoms with Crippen molar-refractivity contribution in [2.45, 2.75) is 59.3 Å². The van der Waals surface area contributed by atoms with Crippen LogP contribution in [0.4, 0.5) is 0 Å². The molecule has 25 heavy (non-hydrogen) atoms. The summed E-state index contributed by atoms with van der Waals surface area (Å²) in [6.07, 6.45) is 0. The van der Waals surface area contributed by atoms with Gasteiger partial charge in [-0.25, -0.2) is 0 Å². The fourth-order valence-electron chi connectivity index (χ4n) is 3.26. The van der Waals surface area contributed by atoms with Gasteiger partial charge >= 0.3 is 0 Å². The van der Waals surface area contributed by atoms with E-state index in [1.807, 2.05) is 18.4 Å². The van der Waals surface area contributed by atoms with Crippen molar-refractivity contribution in [1.82, 2.24) is 30.0 Å². The van der Waals surface area contributed by atoms with Crippen LogP contribution in [0.1, 0.15) is 48.4 Å². The number of pyridine rings is 1. The Morgan fingerprint density at radius 2 is 2.08 bits per heavy atom. The molecule has 1 N–H and O–H groups in total. The van der Waals surface area contributed by atoms with Crippen molar-refractivity contribution in [3.63, 3.8) is 0 Å². The molecule has 2 aromatic rings. The van der Waals surface area contributed by atoms with Crippen LogP contribution in [0.25, 0.3) is 0 Å². The molecule has 2 aromatic heterocycles. The van der Waals surface area contributed by atoms with Crippen molar-refractivity contribution >= 4 is 5.91 Å². The Labute approximate surface area is 148 Å². The number of aromatic nitrogens is 4. The van der Waals surface area contributed by atoms with E-state index < -0.39 is 0 Å². The lowest BCUT2D eigenvalue weighted by molar-refractivity contribution is -0.127. The zero-order valence-electron chi connectivity index (χ0n) is 15.6. The Balaban J connectivity index is 1.88. The highest BCUT2D eigenvalue weighted by molar-refractivity contribution is 5.81. The van der Waals surface area contributed by atoms with Crippen molar-refractivity contribution in [2.24, 2.45) is 0 Å². The summed E-state index contributed by atoms with van der Waals surface area (Å²) in [7, 11) is 1.68. The van der Waals surface area contributed by atoms with Crippen LogP contribution in [0.15, 0.2) is 12.1 Å².